The van der Waals surface area contributed by atoms with Crippen LogP contribution >= 0.6 is 0 Å². The number of hydrogen-bond acceptors (Lipinski definition) is 4. The van der Waals surface area contributed by atoms with Crippen LogP contribution in [0.15, 0.2) is 48.8 Å². The number of benzene rings is 2. The molecular weight excluding hydrogens is 357 g/mol. The fourth-order valence-electron chi connectivity index (χ4n) is 3.12. The van der Waals surface area contributed by atoms with Gasteiger partial charge >= 0.3 is 0 Å². The lowest BCUT2D eigenvalue weighted by atomic mass is 10.1. The molecule has 0 bridgehead atoms. The Balaban J connectivity index is 1.81. The third kappa shape index (κ3) is 4.79. The van der Waals surface area contributed by atoms with Crippen molar-refractivity contribution in [3.63, 3.8) is 0 Å². The Bertz CT molecular complexity index is 909. The number of rotatable bonds is 8. The molecule has 0 N–H and O–H groups in total. The minimum absolute atomic E-state index is 0.0354. The average Bonchev–Trinajstić information content (AvgIpc) is 3.23. The molecule has 0 aliphatic carbocycles. The van der Waals surface area contributed by atoms with Crippen LogP contribution in [0.1, 0.15) is 47.7 Å². The second-order valence-electron chi connectivity index (χ2n) is 6.82. The second-order valence-corrected chi connectivity index (χ2v) is 6.82. The van der Waals surface area contributed by atoms with Gasteiger partial charge in [-0.3, -0.25) is 4.79 Å². The minimum Gasteiger partial charge on any atom is -0.334 e. The highest BCUT2D eigenvalue weighted by Crippen LogP contribution is 2.18. The van der Waals surface area contributed by atoms with E-state index in [-0.39, 0.29) is 11.7 Å². The molecule has 0 aliphatic heterocycles. The highest BCUT2D eigenvalue weighted by atomic mass is 19.1. The summed E-state index contributed by atoms with van der Waals surface area (Å²) in [7, 11) is 0. The number of hydrogen-bond donors (Lipinski definition) is 0. The second kappa shape index (κ2) is 9.21. The Labute approximate surface area is 164 Å². The molecule has 0 unspecified atom stereocenters. The zero-order valence-electron chi connectivity index (χ0n) is 16.2. The van der Waals surface area contributed by atoms with E-state index in [0.29, 0.717) is 18.7 Å². The molecule has 0 saturated carbocycles. The largest absolute Gasteiger partial charge is 0.334 e. The van der Waals surface area contributed by atoms with Gasteiger partial charge in [0, 0.05) is 18.7 Å². The van der Waals surface area contributed by atoms with Gasteiger partial charge in [0.25, 0.3) is 5.91 Å². The lowest BCUT2D eigenvalue weighted by Crippen LogP contribution is -2.31. The Morgan fingerprint density at radius 1 is 1.14 bits per heavy atom. The number of tetrazole rings is 1. The van der Waals surface area contributed by atoms with Crippen molar-refractivity contribution in [3.8, 4) is 5.69 Å². The number of nitrogens with zero attached hydrogens (tertiary/aromatic N) is 5. The van der Waals surface area contributed by atoms with Crippen LogP contribution < -0.4 is 0 Å². The van der Waals surface area contributed by atoms with Crippen molar-refractivity contribution in [2.45, 2.75) is 39.7 Å². The van der Waals surface area contributed by atoms with Crippen molar-refractivity contribution in [3.05, 3.63) is 71.3 Å². The SMILES string of the molecule is CCCCCN(Cc1ccc(F)cc1)C(=O)c1ccc(-n2cnnn2)c(C)c1. The maximum absolute atomic E-state index is 13.2. The molecule has 1 heterocycles. The molecule has 0 radical (unpaired) electrons. The van der Waals surface area contributed by atoms with Gasteiger partial charge in [0.1, 0.15) is 12.1 Å². The molecule has 0 spiro atoms. The summed E-state index contributed by atoms with van der Waals surface area (Å²) in [5, 5.41) is 11.2. The molecule has 7 heteroatoms. The van der Waals surface area contributed by atoms with Gasteiger partial charge in [0.2, 0.25) is 0 Å². The van der Waals surface area contributed by atoms with Crippen LogP contribution in [-0.4, -0.2) is 37.6 Å². The summed E-state index contributed by atoms with van der Waals surface area (Å²) in [6, 6.07) is 11.8. The van der Waals surface area contributed by atoms with Gasteiger partial charge in [-0.2, -0.15) is 0 Å². The lowest BCUT2D eigenvalue weighted by molar-refractivity contribution is 0.0740. The molecule has 1 aromatic heterocycles. The first-order valence-corrected chi connectivity index (χ1v) is 9.46. The van der Waals surface area contributed by atoms with Crippen molar-refractivity contribution in [1.29, 1.82) is 0 Å². The molecule has 3 rings (SSSR count). The summed E-state index contributed by atoms with van der Waals surface area (Å²) in [6.45, 7) is 5.18. The van der Waals surface area contributed by atoms with Crippen molar-refractivity contribution in [2.75, 3.05) is 6.54 Å². The van der Waals surface area contributed by atoms with E-state index >= 15 is 0 Å². The van der Waals surface area contributed by atoms with Crippen molar-refractivity contribution in [2.24, 2.45) is 0 Å². The first kappa shape index (κ1) is 19.7. The number of amides is 1. The monoisotopic (exact) mass is 381 g/mol. The topological polar surface area (TPSA) is 63.9 Å². The summed E-state index contributed by atoms with van der Waals surface area (Å²) in [5.74, 6) is -0.312. The van der Waals surface area contributed by atoms with Crippen LogP contribution in [0.4, 0.5) is 4.39 Å². The molecule has 0 saturated heterocycles. The van der Waals surface area contributed by atoms with Crippen molar-refractivity contribution in [1.82, 2.24) is 25.1 Å². The van der Waals surface area contributed by atoms with Gasteiger partial charge in [0.05, 0.1) is 5.69 Å². The van der Waals surface area contributed by atoms with E-state index in [1.54, 1.807) is 22.9 Å². The summed E-state index contributed by atoms with van der Waals surface area (Å²) < 4.78 is 14.8. The van der Waals surface area contributed by atoms with Gasteiger partial charge in [0.15, 0.2) is 0 Å². The number of halogens is 1. The van der Waals surface area contributed by atoms with E-state index in [9.17, 15) is 9.18 Å². The van der Waals surface area contributed by atoms with Crippen LogP contribution in [0.25, 0.3) is 5.69 Å². The van der Waals surface area contributed by atoms with Crippen LogP contribution in [0, 0.1) is 12.7 Å². The minimum atomic E-state index is -0.276. The van der Waals surface area contributed by atoms with Gasteiger partial charge in [-0.05, 0) is 65.2 Å². The molecular formula is C21H24FN5O. The summed E-state index contributed by atoms with van der Waals surface area (Å²) in [6.07, 6.45) is 4.60. The normalized spacial score (nSPS) is 10.8. The summed E-state index contributed by atoms with van der Waals surface area (Å²) in [5.41, 5.74) is 3.27. The number of carbonyl (C=O) groups excluding carboxylic acids is 1. The Morgan fingerprint density at radius 2 is 1.93 bits per heavy atom. The van der Waals surface area contributed by atoms with Gasteiger partial charge < -0.3 is 4.90 Å². The third-order valence-electron chi connectivity index (χ3n) is 4.65. The zero-order valence-corrected chi connectivity index (χ0v) is 16.2. The highest BCUT2D eigenvalue weighted by molar-refractivity contribution is 5.94. The molecule has 28 heavy (non-hydrogen) atoms. The summed E-state index contributed by atoms with van der Waals surface area (Å²) >= 11 is 0. The third-order valence-corrected chi connectivity index (χ3v) is 4.65. The first-order chi connectivity index (χ1) is 13.6. The first-order valence-electron chi connectivity index (χ1n) is 9.46. The Morgan fingerprint density at radius 3 is 2.57 bits per heavy atom. The molecule has 6 nitrogen and oxygen atoms in total. The van der Waals surface area contributed by atoms with Crippen LogP contribution in [0.3, 0.4) is 0 Å². The lowest BCUT2D eigenvalue weighted by Gasteiger charge is -2.23. The Hall–Kier alpha value is -3.09. The fraction of sp³-hybridized carbons (Fsp3) is 0.333. The molecule has 0 atom stereocenters. The molecule has 0 fully saturated rings. The number of unbranched alkanes of at least 4 members (excludes halogenated alkanes) is 2. The van der Waals surface area contributed by atoms with Crippen LogP contribution in [0.5, 0.6) is 0 Å². The van der Waals surface area contributed by atoms with E-state index < -0.39 is 0 Å². The van der Waals surface area contributed by atoms with E-state index in [4.69, 9.17) is 0 Å². The predicted octanol–water partition coefficient (Wildman–Crippen LogP) is 3.94. The number of aromatic nitrogens is 4. The van der Waals surface area contributed by atoms with Gasteiger partial charge in [-0.25, -0.2) is 9.07 Å². The van der Waals surface area contributed by atoms with E-state index in [0.717, 1.165) is 36.1 Å². The molecule has 1 amide bonds. The van der Waals surface area contributed by atoms with Crippen molar-refractivity contribution >= 4 is 5.91 Å². The Kier molecular flexibility index (Phi) is 6.47. The average molecular weight is 381 g/mol. The van der Waals surface area contributed by atoms with E-state index in [1.165, 1.54) is 18.5 Å². The fourth-order valence-corrected chi connectivity index (χ4v) is 3.12. The quantitative estimate of drug-likeness (QED) is 0.555. The molecule has 2 aromatic carbocycles. The smallest absolute Gasteiger partial charge is 0.254 e. The van der Waals surface area contributed by atoms with Gasteiger partial charge in [-0.15, -0.1) is 5.10 Å². The predicted molar refractivity (Wildman–Crippen MR) is 105 cm³/mol. The molecule has 3 aromatic rings. The maximum atomic E-state index is 13.2. The molecule has 0 aliphatic rings. The highest BCUT2D eigenvalue weighted by Gasteiger charge is 2.17. The standard InChI is InChI=1S/C21H24FN5O/c1-3-4-5-12-26(14-17-6-9-19(22)10-7-17)21(28)18-8-11-20(16(2)13-18)27-15-23-24-25-27/h6-11,13,15H,3-5,12,14H2,1-2H3. The molecule has 146 valence electrons. The van der Waals surface area contributed by atoms with Gasteiger partial charge in [-0.1, -0.05) is 31.9 Å². The zero-order chi connectivity index (χ0) is 19.9. The van der Waals surface area contributed by atoms with Crippen molar-refractivity contribution < 1.29 is 9.18 Å². The number of carbonyl (C=O) groups is 1. The summed E-state index contributed by atoms with van der Waals surface area (Å²) in [4.78, 5) is 15.0. The van der Waals surface area contributed by atoms with Crippen LogP contribution in [0.2, 0.25) is 0 Å². The maximum Gasteiger partial charge on any atom is 0.254 e. The number of aryl methyl sites for hydroxylation is 1. The van der Waals surface area contributed by atoms with Crippen LogP contribution in [-0.2, 0) is 6.54 Å². The van der Waals surface area contributed by atoms with E-state index in [2.05, 4.69) is 22.4 Å². The van der Waals surface area contributed by atoms with E-state index in [1.807, 2.05) is 24.0 Å².